The number of hydrogen-bond acceptors (Lipinski definition) is 3. The lowest BCUT2D eigenvalue weighted by atomic mass is 10.1. The van der Waals surface area contributed by atoms with E-state index in [1.54, 1.807) is 6.07 Å². The molecule has 1 heterocycles. The molecule has 0 saturated heterocycles. The fourth-order valence-corrected chi connectivity index (χ4v) is 2.38. The predicted octanol–water partition coefficient (Wildman–Crippen LogP) is 4.32. The maximum Gasteiger partial charge on any atom is 0.161 e. The van der Waals surface area contributed by atoms with E-state index in [0.29, 0.717) is 23.1 Å². The average molecular weight is 406 g/mol. The van der Waals surface area contributed by atoms with Crippen molar-refractivity contribution in [2.24, 2.45) is 5.92 Å². The number of nitrogens with zero attached hydrogens (tertiary/aromatic N) is 2. The van der Waals surface area contributed by atoms with Crippen LogP contribution >= 0.6 is 34.2 Å². The second-order valence-corrected chi connectivity index (χ2v) is 6.41. The summed E-state index contributed by atoms with van der Waals surface area (Å²) in [4.78, 5) is 8.74. The maximum atomic E-state index is 13.5. The summed E-state index contributed by atoms with van der Waals surface area (Å²) in [5, 5.41) is 0.0784. The van der Waals surface area contributed by atoms with Crippen LogP contribution in [0.1, 0.15) is 19.5 Å². The topological polar surface area (TPSA) is 51.8 Å². The number of halogens is 3. The van der Waals surface area contributed by atoms with Crippen LogP contribution in [0, 0.1) is 15.3 Å². The number of aromatic nitrogens is 2. The molecule has 0 fully saturated rings. The Balaban J connectivity index is 2.51. The van der Waals surface area contributed by atoms with E-state index in [1.807, 2.05) is 0 Å². The Hall–Kier alpha value is -0.950. The normalized spacial score (nSPS) is 11.1. The Bertz CT molecular complexity index is 647. The summed E-state index contributed by atoms with van der Waals surface area (Å²) in [6.07, 6.45) is 0.800. The first kappa shape index (κ1) is 15.4. The first-order valence-corrected chi connectivity index (χ1v) is 7.61. The van der Waals surface area contributed by atoms with Crippen LogP contribution in [0.15, 0.2) is 18.2 Å². The van der Waals surface area contributed by atoms with Gasteiger partial charge in [-0.25, -0.2) is 14.4 Å². The van der Waals surface area contributed by atoms with Gasteiger partial charge in [-0.3, -0.25) is 0 Å². The minimum Gasteiger partial charge on any atom is -0.383 e. The molecule has 0 unspecified atom stereocenters. The Morgan fingerprint density at radius 1 is 1.35 bits per heavy atom. The standard InChI is InChI=1S/C14H14ClFIN3/c1-7(2)5-11-12(17)13(18)20-14(19-11)8-3-4-9(15)10(16)6-8/h3-4,6-7H,5H2,1-2H3,(H2,18,19,20). The third-order valence-electron chi connectivity index (χ3n) is 2.72. The van der Waals surface area contributed by atoms with Crippen molar-refractivity contribution in [2.75, 3.05) is 5.73 Å². The molecule has 2 N–H and O–H groups in total. The third kappa shape index (κ3) is 3.38. The summed E-state index contributed by atoms with van der Waals surface area (Å²) in [6, 6.07) is 4.50. The Kier molecular flexibility index (Phi) is 4.80. The molecule has 6 heteroatoms. The molecule has 0 aliphatic rings. The van der Waals surface area contributed by atoms with E-state index in [9.17, 15) is 4.39 Å². The highest BCUT2D eigenvalue weighted by Crippen LogP contribution is 2.26. The van der Waals surface area contributed by atoms with Crippen molar-refractivity contribution in [3.63, 3.8) is 0 Å². The van der Waals surface area contributed by atoms with Crippen LogP contribution in [0.25, 0.3) is 11.4 Å². The zero-order valence-electron chi connectivity index (χ0n) is 11.1. The van der Waals surface area contributed by atoms with Gasteiger partial charge in [-0.05, 0) is 53.1 Å². The van der Waals surface area contributed by atoms with Crippen LogP contribution in [0.3, 0.4) is 0 Å². The molecular formula is C14H14ClFIN3. The second-order valence-electron chi connectivity index (χ2n) is 4.92. The van der Waals surface area contributed by atoms with Crippen molar-refractivity contribution < 1.29 is 4.39 Å². The monoisotopic (exact) mass is 405 g/mol. The van der Waals surface area contributed by atoms with Gasteiger partial charge in [0.25, 0.3) is 0 Å². The van der Waals surface area contributed by atoms with Gasteiger partial charge in [-0.2, -0.15) is 0 Å². The highest BCUT2D eigenvalue weighted by Gasteiger charge is 2.13. The molecule has 0 amide bonds. The molecule has 1 aromatic heterocycles. The van der Waals surface area contributed by atoms with Gasteiger partial charge in [-0.1, -0.05) is 25.4 Å². The van der Waals surface area contributed by atoms with Crippen LogP contribution in [-0.2, 0) is 6.42 Å². The van der Waals surface area contributed by atoms with Crippen molar-refractivity contribution in [3.8, 4) is 11.4 Å². The second kappa shape index (κ2) is 6.22. The van der Waals surface area contributed by atoms with Crippen LogP contribution in [-0.4, -0.2) is 9.97 Å². The Morgan fingerprint density at radius 3 is 2.65 bits per heavy atom. The van der Waals surface area contributed by atoms with Crippen molar-refractivity contribution in [1.82, 2.24) is 9.97 Å². The number of nitrogen functional groups attached to an aromatic ring is 1. The van der Waals surface area contributed by atoms with E-state index in [1.165, 1.54) is 12.1 Å². The van der Waals surface area contributed by atoms with Gasteiger partial charge in [0, 0.05) is 5.56 Å². The molecule has 106 valence electrons. The average Bonchev–Trinajstić information content (AvgIpc) is 2.37. The Labute approximate surface area is 135 Å². The molecule has 20 heavy (non-hydrogen) atoms. The Morgan fingerprint density at radius 2 is 2.05 bits per heavy atom. The molecule has 2 aromatic rings. The number of anilines is 1. The summed E-state index contributed by atoms with van der Waals surface area (Å²) in [5.41, 5.74) is 7.38. The molecule has 2 rings (SSSR count). The summed E-state index contributed by atoms with van der Waals surface area (Å²) < 4.78 is 14.4. The van der Waals surface area contributed by atoms with Crippen molar-refractivity contribution in [3.05, 3.63) is 38.3 Å². The van der Waals surface area contributed by atoms with Gasteiger partial charge in [0.2, 0.25) is 0 Å². The summed E-state index contributed by atoms with van der Waals surface area (Å²) in [5.74, 6) is 0.804. The molecule has 0 spiro atoms. The third-order valence-corrected chi connectivity index (χ3v) is 4.21. The first-order chi connectivity index (χ1) is 9.38. The van der Waals surface area contributed by atoms with E-state index in [2.05, 4.69) is 46.4 Å². The highest BCUT2D eigenvalue weighted by molar-refractivity contribution is 14.1. The molecule has 0 bridgehead atoms. The van der Waals surface area contributed by atoms with Crippen LogP contribution in [0.4, 0.5) is 10.2 Å². The van der Waals surface area contributed by atoms with Crippen LogP contribution in [0.5, 0.6) is 0 Å². The summed E-state index contributed by atoms with van der Waals surface area (Å²) >= 11 is 7.82. The van der Waals surface area contributed by atoms with Crippen LogP contribution in [0.2, 0.25) is 5.02 Å². The van der Waals surface area contributed by atoms with Gasteiger partial charge in [0.05, 0.1) is 14.3 Å². The minimum atomic E-state index is -0.490. The van der Waals surface area contributed by atoms with Gasteiger partial charge in [0.15, 0.2) is 5.82 Å². The van der Waals surface area contributed by atoms with E-state index in [4.69, 9.17) is 17.3 Å². The zero-order valence-corrected chi connectivity index (χ0v) is 14.0. The molecule has 1 aromatic carbocycles. The first-order valence-electron chi connectivity index (χ1n) is 6.15. The quantitative estimate of drug-likeness (QED) is 0.774. The van der Waals surface area contributed by atoms with E-state index in [-0.39, 0.29) is 5.02 Å². The molecule has 0 saturated carbocycles. The number of rotatable bonds is 3. The fourth-order valence-electron chi connectivity index (χ4n) is 1.80. The lowest BCUT2D eigenvalue weighted by Crippen LogP contribution is -2.07. The van der Waals surface area contributed by atoms with Crippen molar-refractivity contribution >= 4 is 40.0 Å². The fraction of sp³-hybridized carbons (Fsp3) is 0.286. The molecule has 0 aliphatic heterocycles. The van der Waals surface area contributed by atoms with E-state index >= 15 is 0 Å². The van der Waals surface area contributed by atoms with Gasteiger partial charge in [0.1, 0.15) is 11.6 Å². The smallest absolute Gasteiger partial charge is 0.161 e. The van der Waals surface area contributed by atoms with Gasteiger partial charge in [-0.15, -0.1) is 0 Å². The molecule has 0 atom stereocenters. The van der Waals surface area contributed by atoms with Gasteiger partial charge >= 0.3 is 0 Å². The zero-order chi connectivity index (χ0) is 14.9. The van der Waals surface area contributed by atoms with Gasteiger partial charge < -0.3 is 5.73 Å². The largest absolute Gasteiger partial charge is 0.383 e. The van der Waals surface area contributed by atoms with E-state index in [0.717, 1.165) is 15.7 Å². The highest BCUT2D eigenvalue weighted by atomic mass is 127. The number of benzene rings is 1. The minimum absolute atomic E-state index is 0.0784. The number of hydrogen-bond donors (Lipinski definition) is 1. The predicted molar refractivity (Wildman–Crippen MR) is 88.1 cm³/mol. The lowest BCUT2D eigenvalue weighted by Gasteiger charge is -2.11. The molecule has 0 aliphatic carbocycles. The lowest BCUT2D eigenvalue weighted by molar-refractivity contribution is 0.627. The number of nitrogens with two attached hydrogens (primary N) is 1. The molecule has 0 radical (unpaired) electrons. The maximum absolute atomic E-state index is 13.5. The van der Waals surface area contributed by atoms with Crippen LogP contribution < -0.4 is 5.73 Å². The van der Waals surface area contributed by atoms with E-state index < -0.39 is 5.82 Å². The summed E-state index contributed by atoms with van der Waals surface area (Å²) in [6.45, 7) is 4.21. The summed E-state index contributed by atoms with van der Waals surface area (Å²) in [7, 11) is 0. The molecular weight excluding hydrogens is 392 g/mol. The van der Waals surface area contributed by atoms with Crippen molar-refractivity contribution in [1.29, 1.82) is 0 Å². The van der Waals surface area contributed by atoms with Crippen molar-refractivity contribution in [2.45, 2.75) is 20.3 Å². The molecule has 3 nitrogen and oxygen atoms in total. The SMILES string of the molecule is CC(C)Cc1nc(-c2ccc(Cl)c(F)c2)nc(N)c1I.